The minimum absolute atomic E-state index is 0.303. The maximum atomic E-state index is 13.0. The van der Waals surface area contributed by atoms with Crippen LogP contribution in [0.5, 0.6) is 0 Å². The lowest BCUT2D eigenvalue weighted by Gasteiger charge is -2.25. The number of hydrogen-bond acceptors (Lipinski definition) is 4. The van der Waals surface area contributed by atoms with Crippen LogP contribution >= 0.6 is 11.3 Å². The van der Waals surface area contributed by atoms with Crippen LogP contribution in [0.3, 0.4) is 0 Å². The van der Waals surface area contributed by atoms with Crippen LogP contribution in [0.15, 0.2) is 24.3 Å². The molecule has 0 aliphatic rings. The van der Waals surface area contributed by atoms with Crippen LogP contribution < -0.4 is 5.32 Å². The lowest BCUT2D eigenvalue weighted by atomic mass is 9.96. The normalized spacial score (nSPS) is 13.3. The van der Waals surface area contributed by atoms with Crippen molar-refractivity contribution in [3.8, 4) is 0 Å². The summed E-state index contributed by atoms with van der Waals surface area (Å²) in [5, 5.41) is 12.7. The van der Waals surface area contributed by atoms with Crippen molar-refractivity contribution in [2.24, 2.45) is 0 Å². The Bertz CT molecular complexity index is 773. The Morgan fingerprint density at radius 3 is 2.52 bits per heavy atom. The van der Waals surface area contributed by atoms with Crippen molar-refractivity contribution >= 4 is 23.2 Å². The van der Waals surface area contributed by atoms with E-state index >= 15 is 0 Å². The Balaban J connectivity index is 2.17. The number of aromatic nitrogens is 1. The van der Waals surface area contributed by atoms with E-state index in [1.807, 2.05) is 6.92 Å². The number of thiazole rings is 1. The van der Waals surface area contributed by atoms with Crippen molar-refractivity contribution in [1.82, 2.24) is 10.3 Å². The van der Waals surface area contributed by atoms with E-state index in [0.717, 1.165) is 10.6 Å². The van der Waals surface area contributed by atoms with Gasteiger partial charge in [-0.2, -0.15) is 0 Å². The van der Waals surface area contributed by atoms with E-state index in [1.165, 1.54) is 30.4 Å². The first-order chi connectivity index (χ1) is 11.7. The second-order valence-corrected chi connectivity index (χ2v) is 7.25. The van der Waals surface area contributed by atoms with E-state index in [1.54, 1.807) is 19.1 Å². The molecule has 1 aromatic heterocycles. The Kier molecular flexibility index (Phi) is 5.89. The van der Waals surface area contributed by atoms with Gasteiger partial charge in [-0.3, -0.25) is 4.79 Å². The number of carbonyl (C=O) groups is 2. The minimum atomic E-state index is -1.31. The van der Waals surface area contributed by atoms with Gasteiger partial charge in [-0.15, -0.1) is 11.3 Å². The molecule has 0 saturated carbocycles. The van der Waals surface area contributed by atoms with Crippen LogP contribution in [0, 0.1) is 12.7 Å². The number of halogens is 1. The molecular weight excluding hydrogens is 343 g/mol. The molecule has 0 saturated heterocycles. The van der Waals surface area contributed by atoms with E-state index in [4.69, 9.17) is 0 Å². The molecule has 0 bridgehead atoms. The van der Waals surface area contributed by atoms with Gasteiger partial charge in [0, 0.05) is 6.42 Å². The van der Waals surface area contributed by atoms with E-state index in [-0.39, 0.29) is 5.82 Å². The highest BCUT2D eigenvalue weighted by Crippen LogP contribution is 2.23. The fourth-order valence-corrected chi connectivity index (χ4v) is 3.54. The SMILES string of the molecule is CCCC(C)(NC(=O)c1sc(Cc2ccc(F)cc2)nc1C)C(=O)O. The van der Waals surface area contributed by atoms with Crippen LogP contribution in [0.4, 0.5) is 4.39 Å². The molecule has 0 spiro atoms. The second-order valence-electron chi connectivity index (χ2n) is 6.17. The van der Waals surface area contributed by atoms with Crippen LogP contribution in [0.25, 0.3) is 0 Å². The lowest BCUT2D eigenvalue weighted by molar-refractivity contribution is -0.144. The maximum Gasteiger partial charge on any atom is 0.329 e. The number of hydrogen-bond donors (Lipinski definition) is 2. The minimum Gasteiger partial charge on any atom is -0.480 e. The van der Waals surface area contributed by atoms with Gasteiger partial charge in [0.2, 0.25) is 0 Å². The Morgan fingerprint density at radius 2 is 1.96 bits per heavy atom. The summed E-state index contributed by atoms with van der Waals surface area (Å²) in [7, 11) is 0. The molecule has 7 heteroatoms. The van der Waals surface area contributed by atoms with Gasteiger partial charge in [-0.05, 0) is 38.0 Å². The average Bonchev–Trinajstić information content (AvgIpc) is 2.90. The molecule has 0 radical (unpaired) electrons. The van der Waals surface area contributed by atoms with Crippen molar-refractivity contribution in [3.63, 3.8) is 0 Å². The van der Waals surface area contributed by atoms with Crippen molar-refractivity contribution in [2.75, 3.05) is 0 Å². The molecule has 0 aliphatic heterocycles. The van der Waals surface area contributed by atoms with Crippen molar-refractivity contribution in [3.05, 3.63) is 51.2 Å². The van der Waals surface area contributed by atoms with Gasteiger partial charge in [0.1, 0.15) is 16.2 Å². The molecule has 2 aromatic rings. The van der Waals surface area contributed by atoms with Gasteiger partial charge in [-0.25, -0.2) is 14.2 Å². The molecule has 0 aliphatic carbocycles. The topological polar surface area (TPSA) is 79.3 Å². The summed E-state index contributed by atoms with van der Waals surface area (Å²) < 4.78 is 13.0. The standard InChI is InChI=1S/C18H21FN2O3S/c1-4-9-18(3,17(23)24)21-16(22)15-11(2)20-14(25-15)10-12-5-7-13(19)8-6-12/h5-8H,4,9-10H2,1-3H3,(H,21,22)(H,23,24). The zero-order valence-electron chi connectivity index (χ0n) is 14.4. The van der Waals surface area contributed by atoms with Gasteiger partial charge >= 0.3 is 5.97 Å². The summed E-state index contributed by atoms with van der Waals surface area (Å²) in [6.45, 7) is 5.09. The Hall–Kier alpha value is -2.28. The third-order valence-electron chi connectivity index (χ3n) is 3.93. The van der Waals surface area contributed by atoms with Crippen molar-refractivity contribution in [2.45, 2.75) is 45.6 Å². The highest BCUT2D eigenvalue weighted by atomic mass is 32.1. The monoisotopic (exact) mass is 364 g/mol. The molecule has 2 N–H and O–H groups in total. The average molecular weight is 364 g/mol. The highest BCUT2D eigenvalue weighted by Gasteiger charge is 2.35. The molecular formula is C18H21FN2O3S. The zero-order chi connectivity index (χ0) is 18.6. The number of carbonyl (C=O) groups excluding carboxylic acids is 1. The predicted molar refractivity (Wildman–Crippen MR) is 94.5 cm³/mol. The van der Waals surface area contributed by atoms with Gasteiger partial charge in [0.05, 0.1) is 10.7 Å². The molecule has 1 unspecified atom stereocenters. The fraction of sp³-hybridized carbons (Fsp3) is 0.389. The van der Waals surface area contributed by atoms with Gasteiger partial charge in [0.25, 0.3) is 5.91 Å². The number of rotatable bonds is 7. The first-order valence-electron chi connectivity index (χ1n) is 8.02. The number of carboxylic acids is 1. The van der Waals surface area contributed by atoms with E-state index in [9.17, 15) is 19.1 Å². The van der Waals surface area contributed by atoms with E-state index < -0.39 is 17.4 Å². The third kappa shape index (κ3) is 4.63. The highest BCUT2D eigenvalue weighted by molar-refractivity contribution is 7.13. The third-order valence-corrected chi connectivity index (χ3v) is 5.08. The molecule has 0 fully saturated rings. The molecule has 5 nitrogen and oxygen atoms in total. The molecule has 1 aromatic carbocycles. The molecule has 25 heavy (non-hydrogen) atoms. The van der Waals surface area contributed by atoms with Gasteiger partial charge in [0.15, 0.2) is 0 Å². The summed E-state index contributed by atoms with van der Waals surface area (Å²) in [5.41, 5.74) is 0.145. The molecule has 1 atom stereocenters. The largest absolute Gasteiger partial charge is 0.480 e. The van der Waals surface area contributed by atoms with Crippen LogP contribution in [-0.2, 0) is 11.2 Å². The summed E-state index contributed by atoms with van der Waals surface area (Å²) in [6, 6.07) is 6.11. The number of benzene rings is 1. The molecule has 1 amide bonds. The van der Waals surface area contributed by atoms with Crippen molar-refractivity contribution in [1.29, 1.82) is 0 Å². The predicted octanol–water partition coefficient (Wildman–Crippen LogP) is 3.55. The molecule has 134 valence electrons. The number of amides is 1. The fourth-order valence-electron chi connectivity index (χ4n) is 2.55. The van der Waals surface area contributed by atoms with E-state index in [2.05, 4.69) is 10.3 Å². The second kappa shape index (κ2) is 7.74. The van der Waals surface area contributed by atoms with Gasteiger partial charge < -0.3 is 10.4 Å². The van der Waals surface area contributed by atoms with Gasteiger partial charge in [-0.1, -0.05) is 25.5 Å². The summed E-state index contributed by atoms with van der Waals surface area (Å²) in [6.07, 6.45) is 1.47. The summed E-state index contributed by atoms with van der Waals surface area (Å²) in [4.78, 5) is 28.8. The lowest BCUT2D eigenvalue weighted by Crippen LogP contribution is -2.52. The van der Waals surface area contributed by atoms with E-state index in [0.29, 0.717) is 29.8 Å². The smallest absolute Gasteiger partial charge is 0.329 e. The van der Waals surface area contributed by atoms with Crippen molar-refractivity contribution < 1.29 is 19.1 Å². The number of aliphatic carboxylic acids is 1. The first-order valence-corrected chi connectivity index (χ1v) is 8.83. The number of nitrogens with zero attached hydrogens (tertiary/aromatic N) is 1. The number of nitrogens with one attached hydrogen (secondary N) is 1. The Labute approximate surface area is 149 Å². The Morgan fingerprint density at radius 1 is 1.32 bits per heavy atom. The number of carboxylic acid groups (broad SMARTS) is 1. The van der Waals surface area contributed by atoms with Crippen LogP contribution in [0.2, 0.25) is 0 Å². The maximum absolute atomic E-state index is 13.0. The molecule has 2 rings (SSSR count). The summed E-state index contributed by atoms with van der Waals surface area (Å²) >= 11 is 1.23. The quantitative estimate of drug-likeness (QED) is 0.787. The van der Waals surface area contributed by atoms with Crippen LogP contribution in [-0.4, -0.2) is 27.5 Å². The zero-order valence-corrected chi connectivity index (χ0v) is 15.2. The molecule has 1 heterocycles. The first kappa shape index (κ1) is 19.1. The summed E-state index contributed by atoms with van der Waals surface area (Å²) in [5.74, 6) is -1.79. The number of aryl methyl sites for hydroxylation is 1. The van der Waals surface area contributed by atoms with Crippen LogP contribution in [0.1, 0.15) is 52.6 Å².